The molecule has 1 aliphatic heterocycles. The monoisotopic (exact) mass is 315 g/mol. The van der Waals surface area contributed by atoms with Crippen molar-refractivity contribution in [2.75, 3.05) is 11.9 Å². The van der Waals surface area contributed by atoms with Gasteiger partial charge in [-0.15, -0.1) is 0 Å². The Balaban J connectivity index is 1.79. The van der Waals surface area contributed by atoms with Gasteiger partial charge in [-0.3, -0.25) is 4.98 Å². The quantitative estimate of drug-likeness (QED) is 0.887. The number of likely N-dealkylation sites (tertiary alicyclic amines) is 1. The Labute approximate surface area is 135 Å². The van der Waals surface area contributed by atoms with Gasteiger partial charge in [0.1, 0.15) is 0 Å². The molecule has 0 saturated carbocycles. The third-order valence-corrected chi connectivity index (χ3v) is 4.28. The Bertz CT molecular complexity index is 647. The number of hydrogen-bond donors (Lipinski definition) is 1. The molecule has 1 aromatic heterocycles. The minimum atomic E-state index is -0.110. The van der Waals surface area contributed by atoms with Crippen LogP contribution < -0.4 is 5.32 Å². The van der Waals surface area contributed by atoms with Crippen LogP contribution >= 0.6 is 11.6 Å². The molecular weight excluding hydrogens is 298 g/mol. The molecule has 0 bridgehead atoms. The molecule has 0 unspecified atom stereocenters. The summed E-state index contributed by atoms with van der Waals surface area (Å²) in [6, 6.07) is 11.2. The van der Waals surface area contributed by atoms with E-state index in [0.29, 0.717) is 10.7 Å². The molecule has 1 aromatic carbocycles. The molecule has 4 nitrogen and oxygen atoms in total. The molecule has 3 rings (SSSR count). The van der Waals surface area contributed by atoms with Gasteiger partial charge in [-0.2, -0.15) is 0 Å². The van der Waals surface area contributed by atoms with Crippen molar-refractivity contribution in [2.24, 2.45) is 0 Å². The number of anilines is 1. The first-order valence-electron chi connectivity index (χ1n) is 7.48. The van der Waals surface area contributed by atoms with Gasteiger partial charge in [0, 0.05) is 18.9 Å². The average Bonchev–Trinajstić information content (AvgIpc) is 2.58. The zero-order chi connectivity index (χ0) is 15.4. The fourth-order valence-electron chi connectivity index (χ4n) is 2.84. The largest absolute Gasteiger partial charge is 0.322 e. The number of pyridine rings is 1. The molecule has 2 amide bonds. The van der Waals surface area contributed by atoms with Crippen molar-refractivity contribution in [3.05, 3.63) is 59.4 Å². The third-order valence-electron chi connectivity index (χ3n) is 3.95. The standard InChI is InChI=1S/C17H18ClN3O/c18-14-7-1-2-8-15(14)20-17(22)21-11-4-3-9-16(21)13-6-5-10-19-12-13/h1-2,5-8,10,12,16H,3-4,9,11H2,(H,20,22)/t16-/m1/s1. The van der Waals surface area contributed by atoms with E-state index in [9.17, 15) is 4.79 Å². The van der Waals surface area contributed by atoms with Crippen LogP contribution in [0.1, 0.15) is 30.9 Å². The highest BCUT2D eigenvalue weighted by Gasteiger charge is 2.28. The van der Waals surface area contributed by atoms with Gasteiger partial charge in [0.2, 0.25) is 0 Å². The first kappa shape index (κ1) is 14.9. The van der Waals surface area contributed by atoms with Crippen molar-refractivity contribution in [1.29, 1.82) is 0 Å². The summed E-state index contributed by atoms with van der Waals surface area (Å²) in [6.45, 7) is 0.746. The van der Waals surface area contributed by atoms with Gasteiger partial charge in [0.05, 0.1) is 16.8 Å². The second-order valence-corrected chi connectivity index (χ2v) is 5.81. The molecule has 2 heterocycles. The van der Waals surface area contributed by atoms with E-state index in [1.807, 2.05) is 41.4 Å². The number of nitrogens with one attached hydrogen (secondary N) is 1. The molecular formula is C17H18ClN3O. The van der Waals surface area contributed by atoms with E-state index in [0.717, 1.165) is 31.4 Å². The summed E-state index contributed by atoms with van der Waals surface area (Å²) >= 11 is 6.12. The number of halogens is 1. The predicted molar refractivity (Wildman–Crippen MR) is 88.0 cm³/mol. The molecule has 1 aliphatic rings. The van der Waals surface area contributed by atoms with Gasteiger partial charge in [-0.1, -0.05) is 29.8 Å². The van der Waals surface area contributed by atoms with Crippen molar-refractivity contribution >= 4 is 23.3 Å². The summed E-state index contributed by atoms with van der Waals surface area (Å²) < 4.78 is 0. The van der Waals surface area contributed by atoms with Crippen LogP contribution in [-0.2, 0) is 0 Å². The lowest BCUT2D eigenvalue weighted by Crippen LogP contribution is -2.41. The lowest BCUT2D eigenvalue weighted by molar-refractivity contribution is 0.163. The van der Waals surface area contributed by atoms with Crippen LogP contribution in [0.4, 0.5) is 10.5 Å². The van der Waals surface area contributed by atoms with Crippen molar-refractivity contribution in [1.82, 2.24) is 9.88 Å². The highest BCUT2D eigenvalue weighted by molar-refractivity contribution is 6.33. The molecule has 0 radical (unpaired) electrons. The van der Waals surface area contributed by atoms with E-state index in [1.54, 1.807) is 12.3 Å². The molecule has 1 N–H and O–H groups in total. The summed E-state index contributed by atoms with van der Waals surface area (Å²) in [6.07, 6.45) is 6.69. The van der Waals surface area contributed by atoms with Crippen LogP contribution in [-0.4, -0.2) is 22.5 Å². The lowest BCUT2D eigenvalue weighted by atomic mass is 9.97. The highest BCUT2D eigenvalue weighted by Crippen LogP contribution is 2.31. The SMILES string of the molecule is O=C(Nc1ccccc1Cl)N1CCCC[C@@H]1c1cccnc1. The van der Waals surface area contributed by atoms with Gasteiger partial charge < -0.3 is 10.2 Å². The molecule has 2 aromatic rings. The van der Waals surface area contributed by atoms with Gasteiger partial charge >= 0.3 is 6.03 Å². The van der Waals surface area contributed by atoms with Gasteiger partial charge in [-0.05, 0) is 43.0 Å². The number of benzene rings is 1. The maximum absolute atomic E-state index is 12.6. The molecule has 0 spiro atoms. The lowest BCUT2D eigenvalue weighted by Gasteiger charge is -2.35. The first-order chi connectivity index (χ1) is 10.8. The summed E-state index contributed by atoms with van der Waals surface area (Å²) in [5, 5.41) is 3.46. The predicted octanol–water partition coefficient (Wildman–Crippen LogP) is 4.49. The maximum atomic E-state index is 12.6. The van der Waals surface area contributed by atoms with E-state index in [1.165, 1.54) is 0 Å². The summed E-state index contributed by atoms with van der Waals surface area (Å²) in [5.74, 6) is 0. The normalized spacial score (nSPS) is 18.0. The third kappa shape index (κ3) is 3.22. The zero-order valence-electron chi connectivity index (χ0n) is 12.2. The van der Waals surface area contributed by atoms with Gasteiger partial charge in [0.25, 0.3) is 0 Å². The number of carbonyl (C=O) groups excluding carboxylic acids is 1. The number of amides is 2. The maximum Gasteiger partial charge on any atom is 0.322 e. The number of carbonyl (C=O) groups is 1. The molecule has 22 heavy (non-hydrogen) atoms. The summed E-state index contributed by atoms with van der Waals surface area (Å²) in [4.78, 5) is 18.7. The summed E-state index contributed by atoms with van der Waals surface area (Å²) in [7, 11) is 0. The molecule has 5 heteroatoms. The molecule has 1 fully saturated rings. The van der Waals surface area contributed by atoms with Crippen LogP contribution in [0.3, 0.4) is 0 Å². The fraction of sp³-hybridized carbons (Fsp3) is 0.294. The number of nitrogens with zero attached hydrogens (tertiary/aromatic N) is 2. The van der Waals surface area contributed by atoms with Crippen molar-refractivity contribution < 1.29 is 4.79 Å². The molecule has 0 aliphatic carbocycles. The van der Waals surface area contributed by atoms with E-state index in [2.05, 4.69) is 10.3 Å². The van der Waals surface area contributed by atoms with E-state index < -0.39 is 0 Å². The Morgan fingerprint density at radius 1 is 1.23 bits per heavy atom. The van der Waals surface area contributed by atoms with Crippen LogP contribution in [0.25, 0.3) is 0 Å². The molecule has 114 valence electrons. The summed E-state index contributed by atoms with van der Waals surface area (Å²) in [5.41, 5.74) is 1.72. The minimum absolute atomic E-state index is 0.0740. The van der Waals surface area contributed by atoms with Crippen molar-refractivity contribution in [2.45, 2.75) is 25.3 Å². The Morgan fingerprint density at radius 2 is 2.09 bits per heavy atom. The average molecular weight is 316 g/mol. The fourth-order valence-corrected chi connectivity index (χ4v) is 3.03. The molecule has 1 atom stereocenters. The van der Waals surface area contributed by atoms with E-state index >= 15 is 0 Å². The topological polar surface area (TPSA) is 45.2 Å². The number of rotatable bonds is 2. The first-order valence-corrected chi connectivity index (χ1v) is 7.85. The van der Waals surface area contributed by atoms with Crippen molar-refractivity contribution in [3.8, 4) is 0 Å². The highest BCUT2D eigenvalue weighted by atomic mass is 35.5. The van der Waals surface area contributed by atoms with Gasteiger partial charge in [0.15, 0.2) is 0 Å². The van der Waals surface area contributed by atoms with Gasteiger partial charge in [-0.25, -0.2) is 4.79 Å². The van der Waals surface area contributed by atoms with Crippen LogP contribution in [0, 0.1) is 0 Å². The number of hydrogen-bond acceptors (Lipinski definition) is 2. The minimum Gasteiger partial charge on any atom is -0.317 e. The smallest absolute Gasteiger partial charge is 0.317 e. The van der Waals surface area contributed by atoms with Crippen molar-refractivity contribution in [3.63, 3.8) is 0 Å². The van der Waals surface area contributed by atoms with Crippen LogP contribution in [0.5, 0.6) is 0 Å². The molecule has 1 saturated heterocycles. The number of urea groups is 1. The number of piperidine rings is 1. The van der Waals surface area contributed by atoms with Crippen LogP contribution in [0.15, 0.2) is 48.8 Å². The number of aromatic nitrogens is 1. The second kappa shape index (κ2) is 6.79. The zero-order valence-corrected chi connectivity index (χ0v) is 13.0. The number of para-hydroxylation sites is 1. The Kier molecular flexibility index (Phi) is 4.59. The second-order valence-electron chi connectivity index (χ2n) is 5.40. The Morgan fingerprint density at radius 3 is 2.86 bits per heavy atom. The van der Waals surface area contributed by atoms with Crippen LogP contribution in [0.2, 0.25) is 5.02 Å². The van der Waals surface area contributed by atoms with E-state index in [-0.39, 0.29) is 12.1 Å². The Hall–Kier alpha value is -2.07. The van der Waals surface area contributed by atoms with E-state index in [4.69, 9.17) is 11.6 Å².